The van der Waals surface area contributed by atoms with E-state index < -0.39 is 0 Å². The lowest BCUT2D eigenvalue weighted by atomic mass is 10.1. The van der Waals surface area contributed by atoms with Crippen LogP contribution in [0.2, 0.25) is 0 Å². The van der Waals surface area contributed by atoms with Crippen molar-refractivity contribution in [3.05, 3.63) is 35.5 Å². The molecule has 2 rings (SSSR count). The van der Waals surface area contributed by atoms with Gasteiger partial charge in [0.25, 0.3) is 0 Å². The normalized spacial score (nSPS) is 11.8. The number of aliphatic imine (C=N–C) groups is 1. The largest absolute Gasteiger partial charge is 0.358 e. The first kappa shape index (κ1) is 19.8. The minimum Gasteiger partial charge on any atom is -0.358 e. The molecule has 0 aliphatic carbocycles. The molecule has 0 saturated heterocycles. The number of nitrogens with one attached hydrogen (secondary N) is 3. The number of hydrogen-bond acceptors (Lipinski definition) is 2. The van der Waals surface area contributed by atoms with Gasteiger partial charge in [-0.25, -0.2) is 4.99 Å². The van der Waals surface area contributed by atoms with Crippen molar-refractivity contribution in [1.82, 2.24) is 20.5 Å². The Morgan fingerprint density at radius 3 is 2.65 bits per heavy atom. The molecule has 26 heavy (non-hydrogen) atoms. The summed E-state index contributed by atoms with van der Waals surface area (Å²) in [6.07, 6.45) is 0.889. The topological polar surface area (TPSA) is 72.5 Å². The minimum absolute atomic E-state index is 0.0110. The minimum atomic E-state index is -0.0110. The van der Waals surface area contributed by atoms with Crippen LogP contribution < -0.4 is 10.6 Å². The summed E-state index contributed by atoms with van der Waals surface area (Å²) in [6, 6.07) is 8.36. The van der Waals surface area contributed by atoms with E-state index in [1.807, 2.05) is 6.07 Å². The lowest BCUT2D eigenvalue weighted by Gasteiger charge is -2.15. The van der Waals surface area contributed by atoms with Crippen LogP contribution in [0.4, 0.5) is 0 Å². The van der Waals surface area contributed by atoms with Crippen LogP contribution in [0.15, 0.2) is 29.3 Å². The van der Waals surface area contributed by atoms with Gasteiger partial charge in [-0.1, -0.05) is 32.0 Å². The van der Waals surface area contributed by atoms with E-state index in [0.717, 1.165) is 19.5 Å². The zero-order chi connectivity index (χ0) is 19.1. The molecule has 1 amide bonds. The maximum atomic E-state index is 11.8. The molecule has 142 valence electrons. The van der Waals surface area contributed by atoms with Crippen LogP contribution in [0.5, 0.6) is 0 Å². The highest BCUT2D eigenvalue weighted by Crippen LogP contribution is 2.21. The quantitative estimate of drug-likeness (QED) is 0.526. The van der Waals surface area contributed by atoms with Gasteiger partial charge in [0.15, 0.2) is 5.96 Å². The molecule has 1 aromatic heterocycles. The van der Waals surface area contributed by atoms with Crippen molar-refractivity contribution in [3.8, 4) is 0 Å². The van der Waals surface area contributed by atoms with Gasteiger partial charge in [0, 0.05) is 43.8 Å². The zero-order valence-corrected chi connectivity index (χ0v) is 16.5. The van der Waals surface area contributed by atoms with Gasteiger partial charge in [-0.3, -0.25) is 4.79 Å². The number of aromatic nitrogens is 1. The highest BCUT2D eigenvalue weighted by Gasteiger charge is 2.09. The third-order valence-electron chi connectivity index (χ3n) is 4.24. The Kier molecular flexibility index (Phi) is 7.06. The number of fused-ring (bicyclic) bond motifs is 1. The Morgan fingerprint density at radius 1 is 1.23 bits per heavy atom. The van der Waals surface area contributed by atoms with E-state index in [1.54, 1.807) is 19.0 Å². The van der Waals surface area contributed by atoms with Crippen molar-refractivity contribution >= 4 is 22.8 Å². The maximum absolute atomic E-state index is 11.8. The fourth-order valence-electron chi connectivity index (χ4n) is 2.73. The van der Waals surface area contributed by atoms with E-state index in [-0.39, 0.29) is 12.5 Å². The second kappa shape index (κ2) is 9.27. The standard InChI is InChI=1S/C20H31N5O/c1-14(2)12-22-20(23-13-19(26)25(4)5)21-11-10-16-15(3)24-18-9-7-6-8-17(16)18/h6-9,14,24H,10-13H2,1-5H3,(H2,21,22,23). The lowest BCUT2D eigenvalue weighted by molar-refractivity contribution is -0.127. The van der Waals surface area contributed by atoms with Gasteiger partial charge in [0.2, 0.25) is 5.91 Å². The van der Waals surface area contributed by atoms with Gasteiger partial charge in [0.05, 0.1) is 0 Å². The molecule has 0 saturated carbocycles. The average molecular weight is 358 g/mol. The number of guanidine groups is 1. The molecule has 0 fully saturated rings. The molecule has 0 radical (unpaired) electrons. The smallest absolute Gasteiger partial charge is 0.243 e. The molecule has 0 aliphatic rings. The van der Waals surface area contributed by atoms with Gasteiger partial charge in [0.1, 0.15) is 6.54 Å². The third kappa shape index (κ3) is 5.51. The summed E-state index contributed by atoms with van der Waals surface area (Å²) in [5, 5.41) is 7.93. The van der Waals surface area contributed by atoms with Crippen LogP contribution in [0.25, 0.3) is 10.9 Å². The Labute approximate surface area is 156 Å². The van der Waals surface area contributed by atoms with E-state index in [1.165, 1.54) is 22.2 Å². The number of amides is 1. The van der Waals surface area contributed by atoms with Crippen molar-refractivity contribution in [2.24, 2.45) is 10.9 Å². The molecule has 2 aromatic rings. The number of rotatable bonds is 7. The highest BCUT2D eigenvalue weighted by molar-refractivity contribution is 5.86. The molecular formula is C20H31N5O. The Hall–Kier alpha value is -2.50. The summed E-state index contributed by atoms with van der Waals surface area (Å²) in [5.74, 6) is 1.18. The van der Waals surface area contributed by atoms with Crippen LogP contribution in [0.3, 0.4) is 0 Å². The van der Waals surface area contributed by atoms with E-state index in [2.05, 4.69) is 59.6 Å². The summed E-state index contributed by atoms with van der Waals surface area (Å²) in [6.45, 7) is 8.11. The summed E-state index contributed by atoms with van der Waals surface area (Å²) in [4.78, 5) is 21.2. The molecular weight excluding hydrogens is 326 g/mol. The number of carbonyl (C=O) groups is 1. The van der Waals surface area contributed by atoms with E-state index in [0.29, 0.717) is 11.9 Å². The number of hydrogen-bond donors (Lipinski definition) is 3. The number of H-pyrrole nitrogens is 1. The Morgan fingerprint density at radius 2 is 1.96 bits per heavy atom. The maximum Gasteiger partial charge on any atom is 0.243 e. The van der Waals surface area contributed by atoms with Crippen LogP contribution in [0, 0.1) is 12.8 Å². The first-order valence-corrected chi connectivity index (χ1v) is 9.17. The second-order valence-electron chi connectivity index (χ2n) is 7.18. The molecule has 6 heteroatoms. The van der Waals surface area contributed by atoms with E-state index >= 15 is 0 Å². The SMILES string of the molecule is Cc1[nH]c2ccccc2c1CCNC(=NCC(=O)N(C)C)NCC(C)C. The predicted molar refractivity (Wildman–Crippen MR) is 109 cm³/mol. The second-order valence-corrected chi connectivity index (χ2v) is 7.18. The number of carbonyl (C=O) groups excluding carboxylic acids is 1. The summed E-state index contributed by atoms with van der Waals surface area (Å²) < 4.78 is 0. The first-order chi connectivity index (χ1) is 12.4. The molecule has 0 aliphatic heterocycles. The van der Waals surface area contributed by atoms with Gasteiger partial charge in [-0.2, -0.15) is 0 Å². The molecule has 1 heterocycles. The van der Waals surface area contributed by atoms with Gasteiger partial charge in [-0.05, 0) is 30.9 Å². The summed E-state index contributed by atoms with van der Waals surface area (Å²) in [5.41, 5.74) is 3.69. The molecule has 0 unspecified atom stereocenters. The molecule has 3 N–H and O–H groups in total. The monoisotopic (exact) mass is 357 g/mol. The fraction of sp³-hybridized carbons (Fsp3) is 0.500. The van der Waals surface area contributed by atoms with Gasteiger partial charge in [-0.15, -0.1) is 0 Å². The summed E-state index contributed by atoms with van der Waals surface area (Å²) >= 11 is 0. The number of benzene rings is 1. The number of aromatic amines is 1. The van der Waals surface area contributed by atoms with Crippen LogP contribution in [-0.2, 0) is 11.2 Å². The zero-order valence-electron chi connectivity index (χ0n) is 16.5. The van der Waals surface area contributed by atoms with E-state index in [9.17, 15) is 4.79 Å². The molecule has 1 aromatic carbocycles. The number of aryl methyl sites for hydroxylation is 1. The average Bonchev–Trinajstić information content (AvgIpc) is 2.91. The highest BCUT2D eigenvalue weighted by atomic mass is 16.2. The van der Waals surface area contributed by atoms with Crippen molar-refractivity contribution < 1.29 is 4.79 Å². The molecule has 0 spiro atoms. The van der Waals surface area contributed by atoms with Crippen LogP contribution >= 0.6 is 0 Å². The number of likely N-dealkylation sites (N-methyl/N-ethyl adjacent to an activating group) is 1. The van der Waals surface area contributed by atoms with Crippen molar-refractivity contribution in [2.45, 2.75) is 27.2 Å². The van der Waals surface area contributed by atoms with Crippen molar-refractivity contribution in [3.63, 3.8) is 0 Å². The molecule has 0 bridgehead atoms. The van der Waals surface area contributed by atoms with E-state index in [4.69, 9.17) is 0 Å². The van der Waals surface area contributed by atoms with Crippen molar-refractivity contribution in [2.75, 3.05) is 33.7 Å². The number of nitrogens with zero attached hydrogens (tertiary/aromatic N) is 2. The predicted octanol–water partition coefficient (Wildman–Crippen LogP) is 2.30. The van der Waals surface area contributed by atoms with Crippen molar-refractivity contribution in [1.29, 1.82) is 0 Å². The number of para-hydroxylation sites is 1. The summed E-state index contributed by atoms with van der Waals surface area (Å²) in [7, 11) is 3.48. The van der Waals surface area contributed by atoms with Gasteiger partial charge < -0.3 is 20.5 Å². The molecule has 6 nitrogen and oxygen atoms in total. The first-order valence-electron chi connectivity index (χ1n) is 9.17. The third-order valence-corrected chi connectivity index (χ3v) is 4.24. The Balaban J connectivity index is 2.00. The lowest BCUT2D eigenvalue weighted by Crippen LogP contribution is -2.41. The van der Waals surface area contributed by atoms with Crippen LogP contribution in [0.1, 0.15) is 25.1 Å². The fourth-order valence-corrected chi connectivity index (χ4v) is 2.73. The Bertz CT molecular complexity index is 761. The molecule has 0 atom stereocenters. The van der Waals surface area contributed by atoms with Gasteiger partial charge >= 0.3 is 0 Å². The van der Waals surface area contributed by atoms with Crippen LogP contribution in [-0.4, -0.2) is 55.5 Å².